The zero-order valence-electron chi connectivity index (χ0n) is 12.0. The molecule has 1 N–H and O–H groups in total. The maximum atomic E-state index is 11.9. The number of carbonyl (C=O) groups excluding carboxylic acids is 1. The molecule has 3 rings (SSSR count). The summed E-state index contributed by atoms with van der Waals surface area (Å²) in [5, 5.41) is 2.71. The fraction of sp³-hybridized carbons (Fsp3) is 0.235. The second kappa shape index (κ2) is 5.87. The van der Waals surface area contributed by atoms with Crippen molar-refractivity contribution in [2.45, 2.75) is 12.8 Å². The van der Waals surface area contributed by atoms with Gasteiger partial charge in [-0.15, -0.1) is 0 Å². The molecule has 21 heavy (non-hydrogen) atoms. The second-order valence-corrected chi connectivity index (χ2v) is 5.20. The normalized spacial score (nSPS) is 13.5. The van der Waals surface area contributed by atoms with Crippen molar-refractivity contribution in [2.24, 2.45) is 0 Å². The van der Waals surface area contributed by atoms with Gasteiger partial charge in [-0.2, -0.15) is 0 Å². The van der Waals surface area contributed by atoms with Crippen LogP contribution in [-0.2, 0) is 6.42 Å². The molecule has 1 aliphatic rings. The number of rotatable bonds is 2. The van der Waals surface area contributed by atoms with Crippen molar-refractivity contribution in [1.82, 2.24) is 0 Å². The molecule has 0 atom stereocenters. The van der Waals surface area contributed by atoms with E-state index in [1.807, 2.05) is 48.5 Å². The van der Waals surface area contributed by atoms with Crippen LogP contribution < -0.4 is 15.0 Å². The van der Waals surface area contributed by atoms with E-state index in [-0.39, 0.29) is 0 Å². The van der Waals surface area contributed by atoms with Crippen LogP contribution in [0, 0.1) is 0 Å². The molecule has 0 spiro atoms. The molecule has 0 aromatic heterocycles. The molecule has 4 nitrogen and oxygen atoms in total. The molecule has 1 aliphatic heterocycles. The number of amides is 1. The Bertz CT molecular complexity index is 640. The van der Waals surface area contributed by atoms with Crippen molar-refractivity contribution in [3.63, 3.8) is 0 Å². The summed E-state index contributed by atoms with van der Waals surface area (Å²) in [5.41, 5.74) is 3.17. The number of hydrogen-bond donors (Lipinski definition) is 1. The summed E-state index contributed by atoms with van der Waals surface area (Å²) in [6, 6.07) is 15.1. The largest absolute Gasteiger partial charge is 0.417 e. The van der Waals surface area contributed by atoms with Gasteiger partial charge in [-0.25, -0.2) is 4.79 Å². The molecule has 4 heteroatoms. The third-order valence-electron chi connectivity index (χ3n) is 3.64. The molecule has 0 saturated heterocycles. The number of fused-ring (bicyclic) bond motifs is 1. The van der Waals surface area contributed by atoms with Crippen LogP contribution in [0.1, 0.15) is 12.0 Å². The Morgan fingerprint density at radius 1 is 1.19 bits per heavy atom. The standard InChI is InChI=1S/C17H18N2O2/c1-19-11-5-6-13-9-10-15(12-16(13)19)21-17(20)18-14-7-3-2-4-8-14/h2-4,7-10,12H,5-6,11H2,1H3,(H,18,20). The number of anilines is 2. The predicted octanol–water partition coefficient (Wildman–Crippen LogP) is 3.68. The zero-order chi connectivity index (χ0) is 14.7. The Hall–Kier alpha value is -2.49. The smallest absolute Gasteiger partial charge is 0.410 e. The van der Waals surface area contributed by atoms with Gasteiger partial charge in [0.2, 0.25) is 0 Å². The van der Waals surface area contributed by atoms with Crippen LogP contribution >= 0.6 is 0 Å². The third kappa shape index (κ3) is 3.16. The van der Waals surface area contributed by atoms with Crippen molar-refractivity contribution in [3.8, 4) is 5.75 Å². The summed E-state index contributed by atoms with van der Waals surface area (Å²) in [6.07, 6.45) is 1.77. The first-order valence-electron chi connectivity index (χ1n) is 7.10. The van der Waals surface area contributed by atoms with Crippen molar-refractivity contribution < 1.29 is 9.53 Å². The van der Waals surface area contributed by atoms with Gasteiger partial charge in [0.25, 0.3) is 0 Å². The molecule has 0 unspecified atom stereocenters. The van der Waals surface area contributed by atoms with E-state index in [1.165, 1.54) is 5.56 Å². The lowest BCUT2D eigenvalue weighted by Gasteiger charge is -2.27. The SMILES string of the molecule is CN1CCCc2ccc(OC(=O)Nc3ccccc3)cc21. The van der Waals surface area contributed by atoms with E-state index in [9.17, 15) is 4.79 Å². The summed E-state index contributed by atoms with van der Waals surface area (Å²) >= 11 is 0. The van der Waals surface area contributed by atoms with Gasteiger partial charge in [-0.3, -0.25) is 5.32 Å². The Morgan fingerprint density at radius 2 is 2.00 bits per heavy atom. The first kappa shape index (κ1) is 13.5. The van der Waals surface area contributed by atoms with E-state index in [0.29, 0.717) is 5.75 Å². The van der Waals surface area contributed by atoms with Crippen LogP contribution in [0.2, 0.25) is 0 Å². The van der Waals surface area contributed by atoms with Gasteiger partial charge < -0.3 is 9.64 Å². The summed E-state index contributed by atoms with van der Waals surface area (Å²) < 4.78 is 5.36. The molecule has 0 aliphatic carbocycles. The molecule has 0 bridgehead atoms. The molecule has 0 fully saturated rings. The van der Waals surface area contributed by atoms with Crippen LogP contribution in [-0.4, -0.2) is 19.7 Å². The summed E-state index contributed by atoms with van der Waals surface area (Å²) in [7, 11) is 2.06. The van der Waals surface area contributed by atoms with Gasteiger partial charge in [-0.1, -0.05) is 24.3 Å². The Morgan fingerprint density at radius 3 is 2.81 bits per heavy atom. The number of nitrogens with zero attached hydrogens (tertiary/aromatic N) is 1. The predicted molar refractivity (Wildman–Crippen MR) is 84.1 cm³/mol. The fourth-order valence-corrected chi connectivity index (χ4v) is 2.57. The Labute approximate surface area is 124 Å². The number of nitrogens with one attached hydrogen (secondary N) is 1. The monoisotopic (exact) mass is 282 g/mol. The fourth-order valence-electron chi connectivity index (χ4n) is 2.57. The average molecular weight is 282 g/mol. The molecule has 1 heterocycles. The first-order valence-corrected chi connectivity index (χ1v) is 7.10. The highest BCUT2D eigenvalue weighted by Crippen LogP contribution is 2.30. The molecule has 0 saturated carbocycles. The quantitative estimate of drug-likeness (QED) is 0.913. The highest BCUT2D eigenvalue weighted by atomic mass is 16.6. The van der Waals surface area contributed by atoms with Crippen molar-refractivity contribution in [3.05, 3.63) is 54.1 Å². The molecule has 1 amide bonds. The number of aryl methyl sites for hydroxylation is 1. The van der Waals surface area contributed by atoms with Crippen LogP contribution in [0.25, 0.3) is 0 Å². The summed E-state index contributed by atoms with van der Waals surface area (Å²) in [6.45, 7) is 1.03. The number of hydrogen-bond acceptors (Lipinski definition) is 3. The lowest BCUT2D eigenvalue weighted by molar-refractivity contribution is 0.215. The second-order valence-electron chi connectivity index (χ2n) is 5.20. The van der Waals surface area contributed by atoms with Crippen LogP contribution in [0.4, 0.5) is 16.2 Å². The average Bonchev–Trinajstić information content (AvgIpc) is 2.49. The lowest BCUT2D eigenvalue weighted by Crippen LogP contribution is -2.25. The van der Waals surface area contributed by atoms with Crippen molar-refractivity contribution in [2.75, 3.05) is 23.8 Å². The Kier molecular flexibility index (Phi) is 3.77. The van der Waals surface area contributed by atoms with E-state index in [1.54, 1.807) is 0 Å². The van der Waals surface area contributed by atoms with Gasteiger partial charge in [0, 0.05) is 31.0 Å². The number of benzene rings is 2. The van der Waals surface area contributed by atoms with E-state index in [4.69, 9.17) is 4.74 Å². The highest BCUT2D eigenvalue weighted by Gasteiger charge is 2.15. The zero-order valence-corrected chi connectivity index (χ0v) is 12.0. The minimum atomic E-state index is -0.473. The third-order valence-corrected chi connectivity index (χ3v) is 3.64. The van der Waals surface area contributed by atoms with E-state index in [0.717, 1.165) is 30.8 Å². The molecule has 2 aromatic carbocycles. The van der Waals surface area contributed by atoms with Crippen LogP contribution in [0.3, 0.4) is 0 Å². The minimum Gasteiger partial charge on any atom is -0.410 e. The van der Waals surface area contributed by atoms with Gasteiger partial charge >= 0.3 is 6.09 Å². The van der Waals surface area contributed by atoms with Crippen LogP contribution in [0.15, 0.2) is 48.5 Å². The summed E-state index contributed by atoms with van der Waals surface area (Å²) in [4.78, 5) is 14.1. The van der Waals surface area contributed by atoms with Crippen LogP contribution in [0.5, 0.6) is 5.75 Å². The van der Waals surface area contributed by atoms with Crippen molar-refractivity contribution >= 4 is 17.5 Å². The van der Waals surface area contributed by atoms with Gasteiger partial charge in [0.1, 0.15) is 5.75 Å². The maximum absolute atomic E-state index is 11.9. The molecular formula is C17H18N2O2. The minimum absolute atomic E-state index is 0.473. The molecular weight excluding hydrogens is 264 g/mol. The van der Waals surface area contributed by atoms with Gasteiger partial charge in [0.05, 0.1) is 0 Å². The Balaban J connectivity index is 1.70. The topological polar surface area (TPSA) is 41.6 Å². The van der Waals surface area contributed by atoms with E-state index in [2.05, 4.69) is 17.3 Å². The highest BCUT2D eigenvalue weighted by molar-refractivity contribution is 5.86. The van der Waals surface area contributed by atoms with Gasteiger partial charge in [-0.05, 0) is 36.6 Å². The van der Waals surface area contributed by atoms with E-state index < -0.39 is 6.09 Å². The molecule has 0 radical (unpaired) electrons. The molecule has 108 valence electrons. The summed E-state index contributed by atoms with van der Waals surface area (Å²) in [5.74, 6) is 0.566. The number of ether oxygens (including phenoxy) is 1. The van der Waals surface area contributed by atoms with Crippen molar-refractivity contribution in [1.29, 1.82) is 0 Å². The van der Waals surface area contributed by atoms with E-state index >= 15 is 0 Å². The molecule has 2 aromatic rings. The maximum Gasteiger partial charge on any atom is 0.417 e. The lowest BCUT2D eigenvalue weighted by atomic mass is 10.0. The first-order chi connectivity index (χ1) is 10.2. The number of para-hydroxylation sites is 1. The number of carbonyl (C=O) groups is 1. The van der Waals surface area contributed by atoms with Gasteiger partial charge in [0.15, 0.2) is 0 Å².